The van der Waals surface area contributed by atoms with E-state index in [-0.39, 0.29) is 16.6 Å². The zero-order valence-electron chi connectivity index (χ0n) is 10.6. The van der Waals surface area contributed by atoms with Crippen molar-refractivity contribution in [2.75, 3.05) is 7.11 Å². The van der Waals surface area contributed by atoms with Crippen LogP contribution >= 0.6 is 0 Å². The summed E-state index contributed by atoms with van der Waals surface area (Å²) in [6.45, 7) is 0. The summed E-state index contributed by atoms with van der Waals surface area (Å²) in [5.74, 6) is -0.588. The van der Waals surface area contributed by atoms with Crippen LogP contribution in [0.4, 0.5) is 4.39 Å². The lowest BCUT2D eigenvalue weighted by atomic mass is 9.31. The van der Waals surface area contributed by atoms with E-state index in [2.05, 4.69) is 0 Å². The SMILES string of the molecule is COc1ccc(F)cc1C12CC(C(N)C(=O)O)(C1)C2. The molecule has 3 N–H and O–H groups in total. The first-order chi connectivity index (χ1) is 8.92. The number of carboxylic acid groups (broad SMARTS) is 1. The van der Waals surface area contributed by atoms with Crippen LogP contribution in [0, 0.1) is 11.2 Å². The van der Waals surface area contributed by atoms with Crippen LogP contribution in [0.3, 0.4) is 0 Å². The first kappa shape index (κ1) is 12.4. The van der Waals surface area contributed by atoms with Gasteiger partial charge in [0.05, 0.1) is 7.11 Å². The maximum absolute atomic E-state index is 13.4. The van der Waals surface area contributed by atoms with Crippen LogP contribution in [0.5, 0.6) is 5.75 Å². The highest BCUT2D eigenvalue weighted by Gasteiger charge is 2.72. The number of aliphatic carboxylic acids is 1. The second-order valence-corrected chi connectivity index (χ2v) is 5.83. The fourth-order valence-electron chi connectivity index (χ4n) is 3.84. The van der Waals surface area contributed by atoms with Crippen LogP contribution in [-0.2, 0) is 10.2 Å². The Bertz CT molecular complexity index is 538. The lowest BCUT2D eigenvalue weighted by Crippen LogP contribution is -2.72. The van der Waals surface area contributed by atoms with Crippen molar-refractivity contribution in [2.24, 2.45) is 11.1 Å². The van der Waals surface area contributed by atoms with Crippen LogP contribution in [0.1, 0.15) is 24.8 Å². The van der Waals surface area contributed by atoms with Crippen molar-refractivity contribution in [1.29, 1.82) is 0 Å². The number of hydrogen-bond donors (Lipinski definition) is 2. The summed E-state index contributed by atoms with van der Waals surface area (Å²) < 4.78 is 18.7. The van der Waals surface area contributed by atoms with Crippen molar-refractivity contribution in [3.63, 3.8) is 0 Å². The van der Waals surface area contributed by atoms with Crippen LogP contribution in [0.2, 0.25) is 0 Å². The molecule has 3 aliphatic rings. The molecular formula is C14H16FNO3. The average molecular weight is 265 g/mol. The zero-order valence-corrected chi connectivity index (χ0v) is 10.6. The Morgan fingerprint density at radius 1 is 1.47 bits per heavy atom. The molecule has 4 nitrogen and oxygen atoms in total. The molecule has 0 spiro atoms. The number of benzene rings is 1. The lowest BCUT2D eigenvalue weighted by molar-refractivity contribution is -0.179. The lowest BCUT2D eigenvalue weighted by Gasteiger charge is -2.72. The number of carbonyl (C=O) groups is 1. The maximum Gasteiger partial charge on any atom is 0.321 e. The molecular weight excluding hydrogens is 249 g/mol. The number of hydrogen-bond acceptors (Lipinski definition) is 3. The molecule has 0 heterocycles. The molecule has 19 heavy (non-hydrogen) atoms. The standard InChI is InChI=1S/C14H16FNO3/c1-19-10-3-2-8(15)4-9(10)13-5-14(6-13,7-13)11(16)12(17)18/h2-4,11H,5-7,16H2,1H3,(H,17,18). The van der Waals surface area contributed by atoms with Gasteiger partial charge >= 0.3 is 5.97 Å². The Kier molecular flexibility index (Phi) is 2.41. The van der Waals surface area contributed by atoms with Crippen LogP contribution in [0.15, 0.2) is 18.2 Å². The van der Waals surface area contributed by atoms with Gasteiger partial charge in [-0.3, -0.25) is 4.79 Å². The largest absolute Gasteiger partial charge is 0.496 e. The molecule has 102 valence electrons. The Hall–Kier alpha value is -1.62. The molecule has 0 radical (unpaired) electrons. The molecule has 0 amide bonds. The summed E-state index contributed by atoms with van der Waals surface area (Å²) >= 11 is 0. The predicted octanol–water partition coefficient (Wildman–Crippen LogP) is 1.67. The van der Waals surface area contributed by atoms with E-state index in [9.17, 15) is 9.18 Å². The molecule has 2 bridgehead atoms. The van der Waals surface area contributed by atoms with Crippen molar-refractivity contribution in [3.05, 3.63) is 29.6 Å². The smallest absolute Gasteiger partial charge is 0.321 e. The van der Waals surface area contributed by atoms with Crippen molar-refractivity contribution in [1.82, 2.24) is 0 Å². The average Bonchev–Trinajstić information content (AvgIpc) is 2.25. The second kappa shape index (κ2) is 3.70. The van der Waals surface area contributed by atoms with E-state index >= 15 is 0 Å². The number of halogens is 1. The van der Waals surface area contributed by atoms with Crippen molar-refractivity contribution in [2.45, 2.75) is 30.7 Å². The fourth-order valence-corrected chi connectivity index (χ4v) is 3.84. The summed E-state index contributed by atoms with van der Waals surface area (Å²) in [5.41, 5.74) is 6.13. The van der Waals surface area contributed by atoms with E-state index in [0.717, 1.165) is 5.56 Å². The van der Waals surface area contributed by atoms with E-state index in [1.807, 2.05) is 0 Å². The molecule has 0 aliphatic heterocycles. The molecule has 5 heteroatoms. The first-order valence-electron chi connectivity index (χ1n) is 6.25. The van der Waals surface area contributed by atoms with Gasteiger partial charge < -0.3 is 15.6 Å². The fraction of sp³-hybridized carbons (Fsp3) is 0.500. The number of methoxy groups -OCH3 is 1. The first-order valence-corrected chi connectivity index (χ1v) is 6.25. The third kappa shape index (κ3) is 1.51. The summed E-state index contributed by atoms with van der Waals surface area (Å²) in [6, 6.07) is 3.66. The topological polar surface area (TPSA) is 72.5 Å². The third-order valence-corrected chi connectivity index (χ3v) is 4.73. The third-order valence-electron chi connectivity index (χ3n) is 4.73. The highest BCUT2D eigenvalue weighted by molar-refractivity contribution is 5.76. The molecule has 3 fully saturated rings. The molecule has 1 atom stereocenters. The normalized spacial score (nSPS) is 33.0. The minimum atomic E-state index is -0.959. The predicted molar refractivity (Wildman–Crippen MR) is 66.5 cm³/mol. The van der Waals surface area contributed by atoms with E-state index in [1.165, 1.54) is 12.1 Å². The Labute approximate surface area is 110 Å². The van der Waals surface area contributed by atoms with Gasteiger partial charge in [-0.25, -0.2) is 4.39 Å². The van der Waals surface area contributed by atoms with E-state index in [4.69, 9.17) is 15.6 Å². The summed E-state index contributed by atoms with van der Waals surface area (Å²) in [5, 5.41) is 9.00. The summed E-state index contributed by atoms with van der Waals surface area (Å²) in [6.07, 6.45) is 2.10. The van der Waals surface area contributed by atoms with Gasteiger partial charge in [0.2, 0.25) is 0 Å². The monoisotopic (exact) mass is 265 g/mol. The quantitative estimate of drug-likeness (QED) is 0.868. The van der Waals surface area contributed by atoms with E-state index in [1.54, 1.807) is 13.2 Å². The molecule has 4 rings (SSSR count). The van der Waals surface area contributed by atoms with E-state index < -0.39 is 12.0 Å². The molecule has 1 aromatic carbocycles. The highest BCUT2D eigenvalue weighted by Crippen LogP contribution is 2.75. The molecule has 1 unspecified atom stereocenters. The van der Waals surface area contributed by atoms with Crippen LogP contribution < -0.4 is 10.5 Å². The van der Waals surface area contributed by atoms with Gasteiger partial charge in [-0.15, -0.1) is 0 Å². The summed E-state index contributed by atoms with van der Waals surface area (Å²) in [7, 11) is 1.56. The molecule has 0 aromatic heterocycles. The highest BCUT2D eigenvalue weighted by atomic mass is 19.1. The minimum absolute atomic E-state index is 0.138. The van der Waals surface area contributed by atoms with Crippen molar-refractivity contribution < 1.29 is 19.0 Å². The van der Waals surface area contributed by atoms with Gasteiger partial charge in [0.1, 0.15) is 17.6 Å². The minimum Gasteiger partial charge on any atom is -0.496 e. The molecule has 3 saturated carbocycles. The van der Waals surface area contributed by atoms with Crippen molar-refractivity contribution in [3.8, 4) is 5.75 Å². The number of rotatable bonds is 4. The summed E-state index contributed by atoms with van der Waals surface area (Å²) in [4.78, 5) is 11.0. The van der Waals surface area contributed by atoms with Crippen LogP contribution in [-0.4, -0.2) is 24.2 Å². The number of carboxylic acids is 1. The zero-order chi connectivity index (χ0) is 13.8. The van der Waals surface area contributed by atoms with Gasteiger partial charge in [-0.2, -0.15) is 0 Å². The molecule has 0 saturated heterocycles. The molecule has 1 aromatic rings. The van der Waals surface area contributed by atoms with Gasteiger partial charge in [-0.1, -0.05) is 0 Å². The Morgan fingerprint density at radius 3 is 2.63 bits per heavy atom. The second-order valence-electron chi connectivity index (χ2n) is 5.83. The van der Waals surface area contributed by atoms with Crippen molar-refractivity contribution >= 4 is 5.97 Å². The Morgan fingerprint density at radius 2 is 2.11 bits per heavy atom. The van der Waals surface area contributed by atoms with Gasteiger partial charge in [0.25, 0.3) is 0 Å². The molecule has 3 aliphatic carbocycles. The van der Waals surface area contributed by atoms with Crippen LogP contribution in [0.25, 0.3) is 0 Å². The number of nitrogens with two attached hydrogens (primary N) is 1. The Balaban J connectivity index is 1.86. The van der Waals surface area contributed by atoms with Gasteiger partial charge in [0.15, 0.2) is 0 Å². The number of ether oxygens (including phenoxy) is 1. The maximum atomic E-state index is 13.4. The van der Waals surface area contributed by atoms with E-state index in [0.29, 0.717) is 25.0 Å². The van der Waals surface area contributed by atoms with Gasteiger partial charge in [0, 0.05) is 11.0 Å². The van der Waals surface area contributed by atoms with Gasteiger partial charge in [-0.05, 0) is 42.9 Å².